The second-order valence-electron chi connectivity index (χ2n) is 4.35. The summed E-state index contributed by atoms with van der Waals surface area (Å²) in [5, 5.41) is 9.68. The van der Waals surface area contributed by atoms with Gasteiger partial charge >= 0.3 is 5.97 Å². The molecule has 1 saturated heterocycles. The molecule has 1 N–H and O–H groups in total. The maximum absolute atomic E-state index is 12.0. The van der Waals surface area contributed by atoms with E-state index in [1.165, 1.54) is 11.0 Å². The Bertz CT molecular complexity index is 526. The van der Waals surface area contributed by atoms with E-state index in [1.807, 2.05) is 0 Å². The van der Waals surface area contributed by atoms with Crippen LogP contribution in [0.25, 0.3) is 6.08 Å². The summed E-state index contributed by atoms with van der Waals surface area (Å²) in [4.78, 5) is 24.4. The first kappa shape index (κ1) is 14.6. The quantitative estimate of drug-likeness (QED) is 0.861. The monoisotopic (exact) mass is 295 g/mol. The third-order valence-corrected chi connectivity index (χ3v) is 3.24. The minimum absolute atomic E-state index is 0.0237. The summed E-state index contributed by atoms with van der Waals surface area (Å²) < 4.78 is 5.09. The van der Waals surface area contributed by atoms with Crippen molar-refractivity contribution >= 4 is 29.6 Å². The molecule has 1 aliphatic rings. The van der Waals surface area contributed by atoms with E-state index in [0.717, 1.165) is 5.56 Å². The fraction of sp³-hybridized carbons (Fsp3) is 0.286. The SMILES string of the molecule is O=C(O)[C@H]1COCCN1C(=O)/C=C\c1ccc(Cl)cc1. The van der Waals surface area contributed by atoms with E-state index >= 15 is 0 Å². The average Bonchev–Trinajstić information content (AvgIpc) is 2.46. The Morgan fingerprint density at radius 2 is 2.05 bits per heavy atom. The number of aliphatic carboxylic acids is 1. The number of nitrogens with zero attached hydrogens (tertiary/aromatic N) is 1. The molecule has 0 spiro atoms. The van der Waals surface area contributed by atoms with Crippen LogP contribution in [0, 0.1) is 0 Å². The number of benzene rings is 1. The van der Waals surface area contributed by atoms with Gasteiger partial charge in [0.25, 0.3) is 0 Å². The predicted molar refractivity (Wildman–Crippen MR) is 74.4 cm³/mol. The molecule has 20 heavy (non-hydrogen) atoms. The molecular formula is C14H14ClNO4. The summed E-state index contributed by atoms with van der Waals surface area (Å²) in [7, 11) is 0. The summed E-state index contributed by atoms with van der Waals surface area (Å²) in [5.41, 5.74) is 0.822. The highest BCUT2D eigenvalue weighted by Crippen LogP contribution is 2.12. The van der Waals surface area contributed by atoms with Crippen LogP contribution in [0.1, 0.15) is 5.56 Å². The van der Waals surface area contributed by atoms with Crippen LogP contribution in [0.2, 0.25) is 5.02 Å². The van der Waals surface area contributed by atoms with E-state index in [9.17, 15) is 9.59 Å². The van der Waals surface area contributed by atoms with Gasteiger partial charge in [-0.3, -0.25) is 4.79 Å². The molecule has 0 radical (unpaired) electrons. The number of carboxylic acid groups (broad SMARTS) is 1. The van der Waals surface area contributed by atoms with E-state index in [2.05, 4.69) is 0 Å². The molecule has 1 aromatic carbocycles. The maximum atomic E-state index is 12.0. The van der Waals surface area contributed by atoms with Crippen LogP contribution in [0.4, 0.5) is 0 Å². The molecule has 0 unspecified atom stereocenters. The van der Waals surface area contributed by atoms with Crippen molar-refractivity contribution in [2.24, 2.45) is 0 Å². The summed E-state index contributed by atoms with van der Waals surface area (Å²) in [6, 6.07) is 6.08. The number of hydrogen-bond donors (Lipinski definition) is 1. The number of rotatable bonds is 3. The van der Waals surface area contributed by atoms with E-state index in [-0.39, 0.29) is 19.1 Å². The molecule has 5 nitrogen and oxygen atoms in total. The summed E-state index contributed by atoms with van der Waals surface area (Å²) in [5.74, 6) is -1.39. The third-order valence-electron chi connectivity index (χ3n) is 2.98. The van der Waals surface area contributed by atoms with Gasteiger partial charge in [-0.1, -0.05) is 23.7 Å². The largest absolute Gasteiger partial charge is 0.480 e. The number of morpholine rings is 1. The normalized spacial score (nSPS) is 19.2. The lowest BCUT2D eigenvalue weighted by Gasteiger charge is -2.31. The minimum atomic E-state index is -1.06. The van der Waals surface area contributed by atoms with Gasteiger partial charge in [0.15, 0.2) is 6.04 Å². The fourth-order valence-electron chi connectivity index (χ4n) is 1.91. The molecule has 106 valence electrons. The standard InChI is InChI=1S/C14H14ClNO4/c15-11-4-1-10(2-5-11)3-6-13(17)16-7-8-20-9-12(16)14(18)19/h1-6,12H,7-9H2,(H,18,19)/b6-3-/t12-/m1/s1. The zero-order valence-electron chi connectivity index (χ0n) is 10.7. The lowest BCUT2D eigenvalue weighted by molar-refractivity contribution is -0.156. The first-order valence-corrected chi connectivity index (χ1v) is 6.50. The number of carboxylic acids is 1. The molecule has 1 aromatic rings. The van der Waals surface area contributed by atoms with Crippen LogP contribution >= 0.6 is 11.6 Å². The topological polar surface area (TPSA) is 66.8 Å². The maximum Gasteiger partial charge on any atom is 0.328 e. The van der Waals surface area contributed by atoms with Crippen molar-refractivity contribution in [2.75, 3.05) is 19.8 Å². The summed E-state index contributed by atoms with van der Waals surface area (Å²) in [6.07, 6.45) is 3.00. The van der Waals surface area contributed by atoms with Crippen LogP contribution in [-0.4, -0.2) is 47.7 Å². The van der Waals surface area contributed by atoms with E-state index in [4.69, 9.17) is 21.4 Å². The van der Waals surface area contributed by atoms with Gasteiger partial charge in [-0.2, -0.15) is 0 Å². The molecule has 1 heterocycles. The van der Waals surface area contributed by atoms with Crippen molar-refractivity contribution in [3.05, 3.63) is 40.9 Å². The van der Waals surface area contributed by atoms with Gasteiger partial charge in [0.05, 0.1) is 13.2 Å². The van der Waals surface area contributed by atoms with Crippen molar-refractivity contribution in [3.63, 3.8) is 0 Å². The second-order valence-corrected chi connectivity index (χ2v) is 4.78. The second kappa shape index (κ2) is 6.54. The Hall–Kier alpha value is -1.85. The third kappa shape index (κ3) is 3.59. The number of amides is 1. The first-order valence-electron chi connectivity index (χ1n) is 6.13. The van der Waals surface area contributed by atoms with Crippen molar-refractivity contribution in [1.82, 2.24) is 4.90 Å². The number of hydrogen-bond acceptors (Lipinski definition) is 3. The number of carbonyl (C=O) groups is 2. The van der Waals surface area contributed by atoms with Crippen molar-refractivity contribution < 1.29 is 19.4 Å². The zero-order chi connectivity index (χ0) is 14.5. The highest BCUT2D eigenvalue weighted by molar-refractivity contribution is 6.30. The molecule has 0 bridgehead atoms. The zero-order valence-corrected chi connectivity index (χ0v) is 11.4. The van der Waals surface area contributed by atoms with Crippen LogP contribution in [0.5, 0.6) is 0 Å². The molecule has 1 amide bonds. The molecule has 1 atom stereocenters. The Balaban J connectivity index is 2.06. The first-order chi connectivity index (χ1) is 9.58. The predicted octanol–water partition coefficient (Wildman–Crippen LogP) is 1.67. The van der Waals surface area contributed by atoms with Gasteiger partial charge in [-0.25, -0.2) is 4.79 Å². The number of halogens is 1. The molecule has 0 aliphatic carbocycles. The van der Waals surface area contributed by atoms with Gasteiger partial charge < -0.3 is 14.7 Å². The molecule has 0 saturated carbocycles. The van der Waals surface area contributed by atoms with Crippen LogP contribution in [-0.2, 0) is 14.3 Å². The highest BCUT2D eigenvalue weighted by Gasteiger charge is 2.31. The molecule has 6 heteroatoms. The number of ether oxygens (including phenoxy) is 1. The van der Waals surface area contributed by atoms with E-state index < -0.39 is 12.0 Å². The average molecular weight is 296 g/mol. The van der Waals surface area contributed by atoms with E-state index in [1.54, 1.807) is 30.3 Å². The van der Waals surface area contributed by atoms with Crippen molar-refractivity contribution in [2.45, 2.75) is 6.04 Å². The van der Waals surface area contributed by atoms with Gasteiger partial charge in [0, 0.05) is 17.6 Å². The molecule has 1 fully saturated rings. The Labute approximate surface area is 121 Å². The van der Waals surface area contributed by atoms with E-state index in [0.29, 0.717) is 11.6 Å². The van der Waals surface area contributed by atoms with Crippen LogP contribution in [0.3, 0.4) is 0 Å². The van der Waals surface area contributed by atoms with Gasteiger partial charge in [-0.15, -0.1) is 0 Å². The van der Waals surface area contributed by atoms with Crippen molar-refractivity contribution in [3.8, 4) is 0 Å². The Kier molecular flexibility index (Phi) is 4.76. The molecular weight excluding hydrogens is 282 g/mol. The van der Waals surface area contributed by atoms with Gasteiger partial charge in [-0.05, 0) is 23.8 Å². The fourth-order valence-corrected chi connectivity index (χ4v) is 2.04. The summed E-state index contributed by atoms with van der Waals surface area (Å²) >= 11 is 5.77. The molecule has 2 rings (SSSR count). The van der Waals surface area contributed by atoms with Crippen LogP contribution in [0.15, 0.2) is 30.3 Å². The Morgan fingerprint density at radius 1 is 1.35 bits per heavy atom. The van der Waals surface area contributed by atoms with Crippen molar-refractivity contribution in [1.29, 1.82) is 0 Å². The summed E-state index contributed by atoms with van der Waals surface area (Å²) in [6.45, 7) is 0.654. The van der Waals surface area contributed by atoms with Crippen LogP contribution < -0.4 is 0 Å². The Morgan fingerprint density at radius 3 is 2.70 bits per heavy atom. The highest BCUT2D eigenvalue weighted by atomic mass is 35.5. The van der Waals surface area contributed by atoms with Gasteiger partial charge in [0.2, 0.25) is 5.91 Å². The molecule has 1 aliphatic heterocycles. The molecule has 0 aromatic heterocycles. The van der Waals surface area contributed by atoms with Gasteiger partial charge in [0.1, 0.15) is 0 Å². The minimum Gasteiger partial charge on any atom is -0.480 e. The lowest BCUT2D eigenvalue weighted by Crippen LogP contribution is -2.52. The lowest BCUT2D eigenvalue weighted by atomic mass is 10.2. The number of carbonyl (C=O) groups excluding carboxylic acids is 1. The smallest absolute Gasteiger partial charge is 0.328 e.